The minimum absolute atomic E-state index is 0.0142. The second kappa shape index (κ2) is 5.60. The van der Waals surface area contributed by atoms with Crippen molar-refractivity contribution in [2.75, 3.05) is 5.32 Å². The number of nitrogens with zero attached hydrogens (tertiary/aromatic N) is 2. The van der Waals surface area contributed by atoms with Gasteiger partial charge in [0.2, 0.25) is 5.91 Å². The molecule has 1 aliphatic rings. The van der Waals surface area contributed by atoms with Crippen LogP contribution in [0.15, 0.2) is 6.07 Å². The molecule has 0 saturated carbocycles. The van der Waals surface area contributed by atoms with E-state index in [0.717, 1.165) is 47.2 Å². The van der Waals surface area contributed by atoms with E-state index in [-0.39, 0.29) is 11.8 Å². The normalized spacial score (nSPS) is 17.8. The van der Waals surface area contributed by atoms with Crippen molar-refractivity contribution in [1.29, 1.82) is 0 Å². The maximum absolute atomic E-state index is 12.4. The van der Waals surface area contributed by atoms with Gasteiger partial charge in [0.15, 0.2) is 0 Å². The predicted molar refractivity (Wildman–Crippen MR) is 83.7 cm³/mol. The second-order valence-electron chi connectivity index (χ2n) is 5.96. The van der Waals surface area contributed by atoms with Gasteiger partial charge in [0.1, 0.15) is 10.8 Å². The first-order chi connectivity index (χ1) is 10.0. The van der Waals surface area contributed by atoms with Gasteiger partial charge >= 0.3 is 0 Å². The summed E-state index contributed by atoms with van der Waals surface area (Å²) in [6.45, 7) is 6.18. The summed E-state index contributed by atoms with van der Waals surface area (Å²) in [5, 5.41) is 3.81. The molecular weight excluding hydrogens is 284 g/mol. The number of nitrogens with one attached hydrogen (secondary N) is 2. The lowest BCUT2D eigenvalue weighted by Gasteiger charge is -2.20. The Bertz CT molecular complexity index is 658. The largest absolute Gasteiger partial charge is 0.345 e. The Balaban J connectivity index is 1.69. The lowest BCUT2D eigenvalue weighted by atomic mass is 9.89. The zero-order chi connectivity index (χ0) is 15.0. The molecule has 0 aliphatic heterocycles. The molecule has 0 saturated heterocycles. The minimum Gasteiger partial charge on any atom is -0.345 e. The zero-order valence-corrected chi connectivity index (χ0v) is 13.4. The molecule has 2 aromatic rings. The molecule has 1 amide bonds. The fourth-order valence-electron chi connectivity index (χ4n) is 2.65. The van der Waals surface area contributed by atoms with Crippen molar-refractivity contribution >= 4 is 22.4 Å². The number of carbonyl (C=O) groups excluding carboxylic acids is 1. The second-order valence-corrected chi connectivity index (χ2v) is 6.77. The van der Waals surface area contributed by atoms with Crippen molar-refractivity contribution in [3.05, 3.63) is 29.0 Å². The van der Waals surface area contributed by atoms with Crippen LogP contribution in [0.2, 0.25) is 0 Å². The summed E-state index contributed by atoms with van der Waals surface area (Å²) < 4.78 is 4.18. The van der Waals surface area contributed by atoms with Crippen molar-refractivity contribution < 1.29 is 4.79 Å². The van der Waals surface area contributed by atoms with Gasteiger partial charge in [-0.15, -0.1) is 0 Å². The molecule has 2 heterocycles. The summed E-state index contributed by atoms with van der Waals surface area (Å²) in [6.07, 6.45) is 2.48. The zero-order valence-electron chi connectivity index (χ0n) is 12.6. The first-order valence-electron chi connectivity index (χ1n) is 7.34. The third-order valence-electron chi connectivity index (χ3n) is 3.85. The smallest absolute Gasteiger partial charge is 0.228 e. The first kappa shape index (κ1) is 14.3. The molecule has 0 fully saturated rings. The molecule has 0 spiro atoms. The number of imidazole rings is 1. The predicted octanol–water partition coefficient (Wildman–Crippen LogP) is 3.04. The summed E-state index contributed by atoms with van der Waals surface area (Å²) in [7, 11) is 0. The van der Waals surface area contributed by atoms with Crippen LogP contribution in [0.3, 0.4) is 0 Å². The fraction of sp³-hybridized carbons (Fsp3) is 0.533. The van der Waals surface area contributed by atoms with Crippen LogP contribution in [0.5, 0.6) is 0 Å². The highest BCUT2D eigenvalue weighted by molar-refractivity contribution is 7.10. The fourth-order valence-corrected chi connectivity index (χ4v) is 3.31. The number of hydrogen-bond acceptors (Lipinski definition) is 4. The Morgan fingerprint density at radius 3 is 3.00 bits per heavy atom. The Hall–Kier alpha value is -1.69. The van der Waals surface area contributed by atoms with Crippen LogP contribution in [0.1, 0.15) is 49.1 Å². The summed E-state index contributed by atoms with van der Waals surface area (Å²) in [5.41, 5.74) is 3.21. The monoisotopic (exact) mass is 304 g/mol. The van der Waals surface area contributed by atoms with Gasteiger partial charge in [-0.2, -0.15) is 4.37 Å². The van der Waals surface area contributed by atoms with Crippen LogP contribution in [-0.2, 0) is 17.6 Å². The van der Waals surface area contributed by atoms with Crippen LogP contribution in [0.4, 0.5) is 5.00 Å². The van der Waals surface area contributed by atoms with Crippen LogP contribution in [0, 0.1) is 12.8 Å². The van der Waals surface area contributed by atoms with E-state index in [4.69, 9.17) is 0 Å². The van der Waals surface area contributed by atoms with Gasteiger partial charge < -0.3 is 10.3 Å². The van der Waals surface area contributed by atoms with E-state index in [9.17, 15) is 4.79 Å². The number of fused-ring (bicyclic) bond motifs is 1. The van der Waals surface area contributed by atoms with Crippen LogP contribution >= 0.6 is 11.5 Å². The van der Waals surface area contributed by atoms with Gasteiger partial charge in [-0.1, -0.05) is 13.8 Å². The van der Waals surface area contributed by atoms with E-state index in [0.29, 0.717) is 5.92 Å². The molecule has 6 heteroatoms. The first-order valence-corrected chi connectivity index (χ1v) is 8.12. The minimum atomic E-state index is 0.0142. The number of hydrogen-bond donors (Lipinski definition) is 2. The standard InChI is InChI=1S/C15H20N4OS/c1-8(2)14-16-11-5-4-10(7-12(11)17-14)15(20)18-13-6-9(3)19-21-13/h6,8,10H,4-5,7H2,1-3H3,(H,16,17)(H,18,20)/t10-/m0/s1. The number of aromatic amines is 1. The lowest BCUT2D eigenvalue weighted by Crippen LogP contribution is -2.27. The number of amides is 1. The summed E-state index contributed by atoms with van der Waals surface area (Å²) in [6, 6.07) is 1.91. The molecule has 0 aromatic carbocycles. The highest BCUT2D eigenvalue weighted by Crippen LogP contribution is 2.27. The molecular formula is C15H20N4OS. The Morgan fingerprint density at radius 2 is 2.33 bits per heavy atom. The quantitative estimate of drug-likeness (QED) is 0.915. The SMILES string of the molecule is Cc1cc(NC(=O)[C@H]2CCc3nc(C(C)C)[nH]c3C2)sn1. The molecule has 1 atom stereocenters. The number of anilines is 1. The van der Waals surface area contributed by atoms with Crippen molar-refractivity contribution in [2.24, 2.45) is 5.92 Å². The van der Waals surface area contributed by atoms with E-state index < -0.39 is 0 Å². The molecule has 1 aliphatic carbocycles. The number of H-pyrrole nitrogens is 1. The van der Waals surface area contributed by atoms with Gasteiger partial charge in [-0.3, -0.25) is 4.79 Å². The number of rotatable bonds is 3. The molecule has 2 aromatic heterocycles. The summed E-state index contributed by atoms with van der Waals surface area (Å²) in [4.78, 5) is 20.4. The van der Waals surface area contributed by atoms with Crippen molar-refractivity contribution in [2.45, 2.75) is 46.0 Å². The van der Waals surface area contributed by atoms with Crippen molar-refractivity contribution in [3.8, 4) is 0 Å². The third-order valence-corrected chi connectivity index (χ3v) is 4.65. The van der Waals surface area contributed by atoms with Crippen molar-refractivity contribution in [1.82, 2.24) is 14.3 Å². The molecule has 3 rings (SSSR count). The van der Waals surface area contributed by atoms with Crippen molar-refractivity contribution in [3.63, 3.8) is 0 Å². The number of aromatic nitrogens is 3. The van der Waals surface area contributed by atoms with E-state index in [2.05, 4.69) is 33.5 Å². The Labute approximate surface area is 128 Å². The Kier molecular flexibility index (Phi) is 3.80. The van der Waals surface area contributed by atoms with Crippen LogP contribution < -0.4 is 5.32 Å². The van der Waals surface area contributed by atoms with Gasteiger partial charge in [-0.05, 0) is 37.4 Å². The van der Waals surface area contributed by atoms with Gasteiger partial charge in [0.05, 0.1) is 11.4 Å². The van der Waals surface area contributed by atoms with E-state index in [1.54, 1.807) is 0 Å². The highest BCUT2D eigenvalue weighted by atomic mass is 32.1. The third kappa shape index (κ3) is 3.00. The van der Waals surface area contributed by atoms with Gasteiger partial charge in [0.25, 0.3) is 0 Å². The van der Waals surface area contributed by atoms with E-state index in [1.165, 1.54) is 11.5 Å². The maximum atomic E-state index is 12.4. The maximum Gasteiger partial charge on any atom is 0.228 e. The molecule has 112 valence electrons. The van der Waals surface area contributed by atoms with Gasteiger partial charge in [-0.25, -0.2) is 4.98 Å². The summed E-state index contributed by atoms with van der Waals surface area (Å²) >= 11 is 1.33. The average molecular weight is 304 g/mol. The van der Waals surface area contributed by atoms with E-state index in [1.807, 2.05) is 13.0 Å². The van der Waals surface area contributed by atoms with E-state index >= 15 is 0 Å². The number of carbonyl (C=O) groups is 1. The van der Waals surface area contributed by atoms with Crippen LogP contribution in [-0.4, -0.2) is 20.2 Å². The van der Waals surface area contributed by atoms with Crippen LogP contribution in [0.25, 0.3) is 0 Å². The van der Waals surface area contributed by atoms with Gasteiger partial charge in [0, 0.05) is 24.0 Å². The Morgan fingerprint density at radius 1 is 1.52 bits per heavy atom. The molecule has 0 radical (unpaired) electrons. The molecule has 2 N–H and O–H groups in total. The molecule has 0 unspecified atom stereocenters. The average Bonchev–Trinajstić information content (AvgIpc) is 3.03. The topological polar surface area (TPSA) is 70.7 Å². The lowest BCUT2D eigenvalue weighted by molar-refractivity contribution is -0.120. The molecule has 0 bridgehead atoms. The highest BCUT2D eigenvalue weighted by Gasteiger charge is 2.27. The number of aryl methyl sites for hydroxylation is 2. The molecule has 21 heavy (non-hydrogen) atoms. The summed E-state index contributed by atoms with van der Waals surface area (Å²) in [5.74, 6) is 1.52. The molecule has 5 nitrogen and oxygen atoms in total.